The molecule has 6 heteroatoms. The van der Waals surface area contributed by atoms with Gasteiger partial charge in [0.15, 0.2) is 0 Å². The summed E-state index contributed by atoms with van der Waals surface area (Å²) < 4.78 is 13.7. The Kier molecular flexibility index (Phi) is 3.59. The lowest BCUT2D eigenvalue weighted by Crippen LogP contribution is -2.23. The molecule has 0 aliphatic heterocycles. The normalized spacial score (nSPS) is 15.9. The molecule has 0 saturated heterocycles. The van der Waals surface area contributed by atoms with Gasteiger partial charge in [0.1, 0.15) is 11.6 Å². The third kappa shape index (κ3) is 2.48. The number of rotatable bonds is 3. The molecule has 1 aromatic carbocycles. The number of fused-ring (bicyclic) bond motifs is 3. The highest BCUT2D eigenvalue weighted by Crippen LogP contribution is 2.34. The maximum absolute atomic E-state index is 13.7. The van der Waals surface area contributed by atoms with E-state index in [4.69, 9.17) is 5.73 Å². The molecule has 2 aromatic heterocycles. The van der Waals surface area contributed by atoms with Crippen LogP contribution in [-0.4, -0.2) is 21.9 Å². The van der Waals surface area contributed by atoms with Gasteiger partial charge in [0.25, 0.3) is 5.91 Å². The number of benzene rings is 1. The number of hydrogen-bond donors (Lipinski definition) is 3. The maximum Gasteiger partial charge on any atom is 0.252 e. The molecule has 0 spiro atoms. The largest absolute Gasteiger partial charge is 0.367 e. The molecule has 1 saturated carbocycles. The van der Waals surface area contributed by atoms with Crippen molar-refractivity contribution in [2.75, 3.05) is 5.32 Å². The van der Waals surface area contributed by atoms with Crippen LogP contribution in [0, 0.1) is 5.82 Å². The number of hydrogen-bond acceptors (Lipinski definition) is 3. The van der Waals surface area contributed by atoms with Crippen molar-refractivity contribution >= 4 is 33.5 Å². The molecule has 2 heterocycles. The minimum absolute atomic E-state index is 0.316. The van der Waals surface area contributed by atoms with Crippen molar-refractivity contribution in [3.63, 3.8) is 0 Å². The zero-order valence-electron chi connectivity index (χ0n) is 13.2. The number of aromatic nitrogens is 2. The summed E-state index contributed by atoms with van der Waals surface area (Å²) in [5.41, 5.74) is 7.15. The van der Waals surface area contributed by atoms with Crippen LogP contribution in [-0.2, 0) is 0 Å². The van der Waals surface area contributed by atoms with Gasteiger partial charge in [0.05, 0.1) is 16.5 Å². The highest BCUT2D eigenvalue weighted by molar-refractivity contribution is 6.18. The molecule has 1 aliphatic carbocycles. The molecule has 4 N–H and O–H groups in total. The third-order valence-corrected chi connectivity index (χ3v) is 4.80. The quantitative estimate of drug-likeness (QED) is 0.686. The number of amides is 1. The topological polar surface area (TPSA) is 83.8 Å². The molecule has 3 aromatic rings. The number of primary amides is 1. The van der Waals surface area contributed by atoms with E-state index in [1.54, 1.807) is 6.07 Å². The Bertz CT molecular complexity index is 928. The van der Waals surface area contributed by atoms with Crippen molar-refractivity contribution in [3.8, 4) is 0 Å². The van der Waals surface area contributed by atoms with Gasteiger partial charge in [-0.15, -0.1) is 0 Å². The molecule has 0 radical (unpaired) electrons. The number of nitrogens with one attached hydrogen (secondary N) is 2. The van der Waals surface area contributed by atoms with E-state index in [9.17, 15) is 9.18 Å². The fourth-order valence-corrected chi connectivity index (χ4v) is 3.61. The summed E-state index contributed by atoms with van der Waals surface area (Å²) in [5.74, 6) is -0.195. The Morgan fingerprint density at radius 3 is 2.83 bits per heavy atom. The van der Waals surface area contributed by atoms with Crippen molar-refractivity contribution in [2.45, 2.75) is 38.1 Å². The Morgan fingerprint density at radius 2 is 2.08 bits per heavy atom. The fraction of sp³-hybridized carbons (Fsp3) is 0.333. The fourth-order valence-electron chi connectivity index (χ4n) is 3.61. The van der Waals surface area contributed by atoms with E-state index in [0.29, 0.717) is 28.3 Å². The van der Waals surface area contributed by atoms with Crippen LogP contribution < -0.4 is 11.1 Å². The smallest absolute Gasteiger partial charge is 0.252 e. The zero-order valence-corrected chi connectivity index (χ0v) is 13.2. The average molecular weight is 326 g/mol. The first kappa shape index (κ1) is 14.9. The molecule has 1 fully saturated rings. The van der Waals surface area contributed by atoms with Gasteiger partial charge in [-0.3, -0.25) is 4.79 Å². The number of H-pyrrole nitrogens is 1. The zero-order chi connectivity index (χ0) is 16.7. The summed E-state index contributed by atoms with van der Waals surface area (Å²) >= 11 is 0. The Morgan fingerprint density at radius 1 is 1.29 bits per heavy atom. The molecule has 1 amide bonds. The highest BCUT2D eigenvalue weighted by Gasteiger charge is 2.20. The Balaban J connectivity index is 1.92. The van der Waals surface area contributed by atoms with Gasteiger partial charge in [-0.05, 0) is 31.0 Å². The summed E-state index contributed by atoms with van der Waals surface area (Å²) in [6.45, 7) is 0. The summed E-state index contributed by atoms with van der Waals surface area (Å²) in [7, 11) is 0. The summed E-state index contributed by atoms with van der Waals surface area (Å²) in [5, 5.41) is 4.92. The molecular weight excluding hydrogens is 307 g/mol. The predicted octanol–water partition coefficient (Wildman–Crippen LogP) is 3.70. The molecular formula is C18H19FN4O. The number of nitrogens with zero attached hydrogens (tertiary/aromatic N) is 1. The van der Waals surface area contributed by atoms with Crippen LogP contribution in [0.1, 0.15) is 42.5 Å². The predicted molar refractivity (Wildman–Crippen MR) is 92.6 cm³/mol. The first-order valence-corrected chi connectivity index (χ1v) is 8.30. The second-order valence-corrected chi connectivity index (χ2v) is 6.43. The van der Waals surface area contributed by atoms with Gasteiger partial charge >= 0.3 is 0 Å². The van der Waals surface area contributed by atoms with Crippen molar-refractivity contribution < 1.29 is 9.18 Å². The standard InChI is InChI=1S/C18H19FN4O/c19-10-6-7-14-12(8-10)15-16(23-14)13(17(20)24)9-21-18(15)22-11-4-2-1-3-5-11/h6-9,11,23H,1-5H2,(H2,20,24)(H,21,22). The van der Waals surface area contributed by atoms with Crippen molar-refractivity contribution in [1.82, 2.24) is 9.97 Å². The molecule has 24 heavy (non-hydrogen) atoms. The average Bonchev–Trinajstić information content (AvgIpc) is 2.94. The number of nitrogens with two attached hydrogens (primary N) is 1. The van der Waals surface area contributed by atoms with E-state index in [0.717, 1.165) is 23.7 Å². The number of aromatic amines is 1. The number of carbonyl (C=O) groups is 1. The molecule has 5 nitrogen and oxygen atoms in total. The summed E-state index contributed by atoms with van der Waals surface area (Å²) in [4.78, 5) is 19.3. The lowest BCUT2D eigenvalue weighted by molar-refractivity contribution is 0.100. The van der Waals surface area contributed by atoms with Crippen molar-refractivity contribution in [1.29, 1.82) is 0 Å². The van der Waals surface area contributed by atoms with E-state index in [2.05, 4.69) is 15.3 Å². The second kappa shape index (κ2) is 5.78. The molecule has 1 aliphatic rings. The Labute approximate surface area is 138 Å². The van der Waals surface area contributed by atoms with E-state index < -0.39 is 5.91 Å². The highest BCUT2D eigenvalue weighted by atomic mass is 19.1. The van der Waals surface area contributed by atoms with Crippen LogP contribution in [0.2, 0.25) is 0 Å². The maximum atomic E-state index is 13.7. The molecule has 0 bridgehead atoms. The van der Waals surface area contributed by atoms with Gasteiger partial charge in [-0.2, -0.15) is 0 Å². The van der Waals surface area contributed by atoms with Gasteiger partial charge < -0.3 is 16.0 Å². The van der Waals surface area contributed by atoms with E-state index in [-0.39, 0.29) is 5.82 Å². The van der Waals surface area contributed by atoms with E-state index >= 15 is 0 Å². The van der Waals surface area contributed by atoms with Gasteiger partial charge in [-0.1, -0.05) is 19.3 Å². The van der Waals surface area contributed by atoms with Crippen LogP contribution >= 0.6 is 0 Å². The lowest BCUT2D eigenvalue weighted by Gasteiger charge is -2.23. The second-order valence-electron chi connectivity index (χ2n) is 6.43. The van der Waals surface area contributed by atoms with Crippen LogP contribution in [0.15, 0.2) is 24.4 Å². The van der Waals surface area contributed by atoms with Gasteiger partial charge in [0, 0.05) is 23.1 Å². The van der Waals surface area contributed by atoms with Gasteiger partial charge in [-0.25, -0.2) is 9.37 Å². The number of anilines is 1. The summed E-state index contributed by atoms with van der Waals surface area (Å²) in [6.07, 6.45) is 7.34. The first-order valence-electron chi connectivity index (χ1n) is 8.30. The van der Waals surface area contributed by atoms with Crippen LogP contribution in [0.25, 0.3) is 21.8 Å². The number of carbonyl (C=O) groups excluding carboxylic acids is 1. The van der Waals surface area contributed by atoms with Gasteiger partial charge in [0.2, 0.25) is 0 Å². The first-order chi connectivity index (χ1) is 11.6. The lowest BCUT2D eigenvalue weighted by atomic mass is 9.95. The van der Waals surface area contributed by atoms with Crippen LogP contribution in [0.3, 0.4) is 0 Å². The molecule has 0 unspecified atom stereocenters. The minimum Gasteiger partial charge on any atom is -0.367 e. The van der Waals surface area contributed by atoms with E-state index in [1.807, 2.05) is 0 Å². The minimum atomic E-state index is -0.552. The number of halogens is 1. The monoisotopic (exact) mass is 326 g/mol. The van der Waals surface area contributed by atoms with Crippen molar-refractivity contribution in [3.05, 3.63) is 35.8 Å². The Hall–Kier alpha value is -2.63. The summed E-state index contributed by atoms with van der Waals surface area (Å²) in [6, 6.07) is 4.88. The third-order valence-electron chi connectivity index (χ3n) is 4.80. The molecule has 124 valence electrons. The SMILES string of the molecule is NC(=O)c1cnc(NC2CCCCC2)c2c1[nH]c1ccc(F)cc12. The molecule has 0 atom stereocenters. The van der Waals surface area contributed by atoms with Crippen molar-refractivity contribution in [2.24, 2.45) is 5.73 Å². The van der Waals surface area contributed by atoms with Crippen LogP contribution in [0.5, 0.6) is 0 Å². The molecule has 4 rings (SSSR count). The van der Waals surface area contributed by atoms with Crippen LogP contribution in [0.4, 0.5) is 10.2 Å². The van der Waals surface area contributed by atoms with E-state index in [1.165, 1.54) is 37.6 Å². The number of pyridine rings is 1.